The van der Waals surface area contributed by atoms with E-state index in [1.165, 1.54) is 61.5 Å². The molecule has 6 heteroatoms. The second-order valence-electron chi connectivity index (χ2n) is 12.2. The van der Waals surface area contributed by atoms with Crippen LogP contribution in [0.4, 0.5) is 11.4 Å². The number of pyridine rings is 1. The molecule has 242 valence electrons. The smallest absolute Gasteiger partial charge is 0.0813 e. The molecule has 1 fully saturated rings. The summed E-state index contributed by atoms with van der Waals surface area (Å²) in [5.41, 5.74) is 14.7. The van der Waals surface area contributed by atoms with E-state index in [-0.39, 0.29) is 0 Å². The maximum Gasteiger partial charge on any atom is -0.0813 e. The summed E-state index contributed by atoms with van der Waals surface area (Å²) in [7, 11) is 15.8. The van der Waals surface area contributed by atoms with Crippen LogP contribution in [-0.2, 0) is 11.9 Å². The summed E-state index contributed by atoms with van der Waals surface area (Å²) >= 11 is -3.77. The molecule has 0 amide bonds. The minimum Gasteiger partial charge on any atom is -0.394 e. The molecule has 1 aromatic heterocycles. The number of aromatic nitrogens is 1. The Morgan fingerprint density at radius 1 is 0.638 bits per heavy atom. The minimum absolute atomic E-state index is 0.832. The topological polar surface area (TPSA) is 19.4 Å². The first-order chi connectivity index (χ1) is 22.6. The summed E-state index contributed by atoms with van der Waals surface area (Å²) in [6.45, 7) is 14.8. The molecule has 3 nitrogen and oxygen atoms in total. The van der Waals surface area contributed by atoms with Crippen LogP contribution in [0.5, 0.6) is 0 Å². The first kappa shape index (κ1) is 33.2. The number of nitrogens with zero attached hydrogens (tertiary/aromatic N) is 3. The molecule has 0 bridgehead atoms. The van der Waals surface area contributed by atoms with Crippen molar-refractivity contribution in [3.05, 3.63) is 166 Å². The Kier molecular flexibility index (Phi) is 9.76. The predicted octanol–water partition coefficient (Wildman–Crippen LogP) is 9.96. The van der Waals surface area contributed by atoms with Crippen LogP contribution in [-0.4, -0.2) is 26.5 Å². The molecule has 0 unspecified atom stereocenters. The number of fused-ring (bicyclic) bond motifs is 1. The van der Waals surface area contributed by atoms with Crippen molar-refractivity contribution in [1.29, 1.82) is 0 Å². The molecule has 4 aromatic carbocycles. The standard InChI is InChI=1S/C21H26N2.C15H10.C5H4N.2ClH.Ru/c1-14-9-16(3)20(17(4)10-14)22-7-8-23(13-22)21-18(5)11-15(2)12-19(21)6;1-2-6-12(7-3-1)15-11-10-13-8-4-5-9-14(13)15;1-2-4-6-5-3-1;;;/h9-12H,7-8H2,1-6H3;1-9,11H;1-4H;2*1H;/q;;-1;;;+2/p-2. The Hall–Kier alpha value is -3.69. The van der Waals surface area contributed by atoms with Crippen LogP contribution in [0.25, 0.3) is 5.57 Å². The molecule has 0 radical (unpaired) electrons. The molecular weight excluding hydrogens is 706 g/mol. The van der Waals surface area contributed by atoms with Crippen LogP contribution < -0.4 is 9.80 Å². The molecule has 0 N–H and O–H groups in total. The number of benzene rings is 4. The van der Waals surface area contributed by atoms with Gasteiger partial charge in [0, 0.05) is 0 Å². The first-order valence-corrected chi connectivity index (χ1v) is 22.0. The molecule has 2 heterocycles. The van der Waals surface area contributed by atoms with Gasteiger partial charge >= 0.3 is 256 Å². The number of hydrogen-bond donors (Lipinski definition) is 0. The SMILES string of the molecule is Cc1cc(C)c(N2CCN(c3c(C)cc(C)cc3C)[C]2=[Ru]([Cl])([Cl])=[C]2C=C(c3ccccc3)c3ccccc32)c(C)c1.[c-]1ccccn1. The van der Waals surface area contributed by atoms with Gasteiger partial charge in [0.2, 0.25) is 0 Å². The predicted molar refractivity (Wildman–Crippen MR) is 200 cm³/mol. The number of anilines is 2. The van der Waals surface area contributed by atoms with E-state index in [1.807, 2.05) is 12.1 Å². The van der Waals surface area contributed by atoms with E-state index in [9.17, 15) is 0 Å². The Morgan fingerprint density at radius 3 is 1.60 bits per heavy atom. The molecule has 0 atom stereocenters. The Bertz CT molecular complexity index is 1960. The Balaban J connectivity index is 0.000000580. The average Bonchev–Trinajstić information content (AvgIpc) is 3.65. The van der Waals surface area contributed by atoms with Crippen LogP contribution >= 0.6 is 19.4 Å². The third-order valence-electron chi connectivity index (χ3n) is 8.57. The summed E-state index contributed by atoms with van der Waals surface area (Å²) in [5.74, 6) is 0. The van der Waals surface area contributed by atoms with E-state index in [4.69, 9.17) is 19.4 Å². The summed E-state index contributed by atoms with van der Waals surface area (Å²) < 4.78 is 2.14. The molecule has 1 saturated heterocycles. The van der Waals surface area contributed by atoms with Gasteiger partial charge in [0.15, 0.2) is 0 Å². The van der Waals surface area contributed by atoms with Crippen LogP contribution in [0.1, 0.15) is 50.1 Å². The number of aryl methyl sites for hydroxylation is 6. The summed E-state index contributed by atoms with van der Waals surface area (Å²) in [5, 5.41) is 0. The molecule has 0 spiro atoms. The molecule has 0 saturated carbocycles. The Morgan fingerprint density at radius 2 is 1.15 bits per heavy atom. The van der Waals surface area contributed by atoms with E-state index in [0.29, 0.717) is 0 Å². The monoisotopic (exact) mass is 746 g/mol. The van der Waals surface area contributed by atoms with Crippen molar-refractivity contribution in [2.45, 2.75) is 41.5 Å². The van der Waals surface area contributed by atoms with Gasteiger partial charge in [0.25, 0.3) is 0 Å². The van der Waals surface area contributed by atoms with E-state index < -0.39 is 11.9 Å². The van der Waals surface area contributed by atoms with E-state index >= 15 is 0 Å². The second-order valence-corrected chi connectivity index (χ2v) is 21.5. The van der Waals surface area contributed by atoms with E-state index in [2.05, 4.69) is 147 Å². The molecule has 5 aromatic rings. The number of rotatable bonds is 3. The Labute approximate surface area is 290 Å². The van der Waals surface area contributed by atoms with Gasteiger partial charge in [-0.05, 0) is 0 Å². The normalized spacial score (nSPS) is 14.5. The van der Waals surface area contributed by atoms with Crippen molar-refractivity contribution in [3.8, 4) is 0 Å². The molecule has 1 aliphatic heterocycles. The second kappa shape index (κ2) is 13.8. The van der Waals surface area contributed by atoms with Crippen LogP contribution in [0.2, 0.25) is 0 Å². The van der Waals surface area contributed by atoms with Crippen molar-refractivity contribution >= 4 is 44.8 Å². The van der Waals surface area contributed by atoms with Crippen molar-refractivity contribution in [2.24, 2.45) is 0 Å². The maximum absolute atomic E-state index is 7.92. The number of hydrogen-bond acceptors (Lipinski definition) is 3. The summed E-state index contributed by atoms with van der Waals surface area (Å²) in [6.07, 6.45) is 6.61. The van der Waals surface area contributed by atoms with Gasteiger partial charge in [-0.15, -0.1) is 0 Å². The first-order valence-electron chi connectivity index (χ1n) is 15.8. The quantitative estimate of drug-likeness (QED) is 0.135. The maximum atomic E-state index is 7.92. The van der Waals surface area contributed by atoms with Gasteiger partial charge < -0.3 is 4.98 Å². The van der Waals surface area contributed by atoms with Gasteiger partial charge in [-0.3, -0.25) is 0 Å². The van der Waals surface area contributed by atoms with Gasteiger partial charge in [0.05, 0.1) is 0 Å². The van der Waals surface area contributed by atoms with Gasteiger partial charge in [-0.1, -0.05) is 12.4 Å². The minimum atomic E-state index is -3.77. The fraction of sp³-hybridized carbons (Fsp3) is 0.195. The molecule has 7 rings (SSSR count). The zero-order valence-electron chi connectivity index (χ0n) is 27.8. The number of allylic oxidation sites excluding steroid dienone is 1. The zero-order chi connectivity index (χ0) is 33.3. The third-order valence-corrected chi connectivity index (χ3v) is 15.5. The molecule has 2 aliphatic rings. The molecule has 1 aliphatic carbocycles. The van der Waals surface area contributed by atoms with Gasteiger partial charge in [-0.25, -0.2) is 0 Å². The zero-order valence-corrected chi connectivity index (χ0v) is 31.0. The van der Waals surface area contributed by atoms with Crippen molar-refractivity contribution in [2.75, 3.05) is 22.9 Å². The van der Waals surface area contributed by atoms with E-state index in [0.717, 1.165) is 27.1 Å². The van der Waals surface area contributed by atoms with Gasteiger partial charge in [0.1, 0.15) is 0 Å². The third kappa shape index (κ3) is 6.57. The summed E-state index contributed by atoms with van der Waals surface area (Å²) in [6, 6.07) is 33.7. The molecular formula is C41H40Cl2N3Ru-. The fourth-order valence-corrected chi connectivity index (χ4v) is 13.9. The van der Waals surface area contributed by atoms with Crippen LogP contribution in [0.15, 0.2) is 109 Å². The van der Waals surface area contributed by atoms with Crippen LogP contribution in [0, 0.1) is 47.7 Å². The van der Waals surface area contributed by atoms with E-state index in [1.54, 1.807) is 12.3 Å². The van der Waals surface area contributed by atoms with Crippen molar-refractivity contribution in [3.63, 3.8) is 0 Å². The fourth-order valence-electron chi connectivity index (χ4n) is 6.97. The van der Waals surface area contributed by atoms with Crippen molar-refractivity contribution < 1.29 is 11.9 Å². The van der Waals surface area contributed by atoms with Gasteiger partial charge in [-0.2, -0.15) is 18.2 Å². The van der Waals surface area contributed by atoms with Crippen LogP contribution in [0.3, 0.4) is 0 Å². The van der Waals surface area contributed by atoms with Crippen molar-refractivity contribution in [1.82, 2.24) is 4.98 Å². The average molecular weight is 747 g/mol. The summed E-state index contributed by atoms with van der Waals surface area (Å²) in [4.78, 5) is 8.55. The molecule has 47 heavy (non-hydrogen) atoms. The number of halogens is 2. The largest absolute Gasteiger partial charge is 0.394 e.